The molecule has 1 aromatic carbocycles. The molecule has 0 saturated carbocycles. The van der Waals surface area contributed by atoms with Gasteiger partial charge in [-0.3, -0.25) is 4.90 Å². The molecule has 1 fully saturated rings. The molecule has 6 rings (SSSR count). The van der Waals surface area contributed by atoms with Gasteiger partial charge in [0, 0.05) is 38.0 Å². The summed E-state index contributed by atoms with van der Waals surface area (Å²) in [5.41, 5.74) is 1.78. The number of rotatable bonds is 6. The Morgan fingerprint density at radius 2 is 1.98 bits per heavy atom. The molecule has 45 heavy (non-hydrogen) atoms. The highest BCUT2D eigenvalue weighted by Gasteiger charge is 2.34. The molecule has 1 saturated heterocycles. The number of anilines is 3. The van der Waals surface area contributed by atoms with Crippen LogP contribution in [0.2, 0.25) is 0 Å². The monoisotopic (exact) mass is 679 g/mol. The van der Waals surface area contributed by atoms with Gasteiger partial charge in [-0.15, -0.1) is 0 Å². The Hall–Kier alpha value is -4.63. The zero-order valence-electron chi connectivity index (χ0n) is 25.0. The number of carbonyl (C=O) groups is 1. The maximum atomic E-state index is 15.4. The van der Waals surface area contributed by atoms with E-state index in [0.29, 0.717) is 69.5 Å². The van der Waals surface area contributed by atoms with E-state index in [4.69, 9.17) is 14.5 Å². The normalized spacial score (nSPS) is 15.5. The molecule has 2 N–H and O–H groups in total. The first-order valence-corrected chi connectivity index (χ1v) is 15.0. The van der Waals surface area contributed by atoms with Gasteiger partial charge in [-0.25, -0.2) is 33.6 Å². The van der Waals surface area contributed by atoms with E-state index in [1.165, 1.54) is 18.7 Å². The van der Waals surface area contributed by atoms with E-state index in [-0.39, 0.29) is 12.3 Å². The number of aryl methyl sites for hydroxylation is 1. The Labute approximate surface area is 266 Å². The van der Waals surface area contributed by atoms with Crippen molar-refractivity contribution in [2.45, 2.75) is 39.3 Å². The summed E-state index contributed by atoms with van der Waals surface area (Å²) in [7, 11) is 0. The van der Waals surface area contributed by atoms with Crippen molar-refractivity contribution in [1.82, 2.24) is 34.4 Å². The van der Waals surface area contributed by atoms with Gasteiger partial charge in [0.1, 0.15) is 46.9 Å². The first kappa shape index (κ1) is 30.4. The van der Waals surface area contributed by atoms with Crippen molar-refractivity contribution in [3.63, 3.8) is 0 Å². The Balaban J connectivity index is 1.25. The Kier molecular flexibility index (Phi) is 8.14. The lowest BCUT2D eigenvalue weighted by Crippen LogP contribution is -2.57. The van der Waals surface area contributed by atoms with Crippen molar-refractivity contribution in [3.05, 3.63) is 65.0 Å². The van der Waals surface area contributed by atoms with Crippen molar-refractivity contribution in [1.29, 1.82) is 0 Å². The van der Waals surface area contributed by atoms with Crippen LogP contribution in [0.4, 0.5) is 26.5 Å². The minimum Gasteiger partial charge on any atom is -0.457 e. The van der Waals surface area contributed by atoms with Crippen LogP contribution in [-0.2, 0) is 4.74 Å². The number of nitrogens with zero attached hydrogens (tertiary/aromatic N) is 8. The predicted octanol–water partition coefficient (Wildman–Crippen LogP) is 5.23. The van der Waals surface area contributed by atoms with E-state index in [1.807, 2.05) is 17.9 Å². The largest absolute Gasteiger partial charge is 0.457 e. The quantitative estimate of drug-likeness (QED) is 0.243. The molecule has 0 aliphatic carbocycles. The summed E-state index contributed by atoms with van der Waals surface area (Å²) in [5.74, 6) is 1.19. The number of benzene rings is 1. The highest BCUT2D eigenvalue weighted by atomic mass is 79.9. The van der Waals surface area contributed by atoms with Gasteiger partial charge in [0.05, 0.1) is 28.3 Å². The summed E-state index contributed by atoms with van der Waals surface area (Å²) >= 11 is 3.60. The highest BCUT2D eigenvalue weighted by molar-refractivity contribution is 9.10. The van der Waals surface area contributed by atoms with Crippen LogP contribution in [0.15, 0.2) is 53.7 Å². The SMILES string of the molecule is Cc1cc(Nc2ncnc3cc(Br)c(N4CCN(C(=O)OC(C)(C)C)[C@H](CO)C4)nc23)c(F)cc1Oc1ccn2ncnc2c1. The first-order valence-electron chi connectivity index (χ1n) is 14.2. The Morgan fingerprint density at radius 3 is 2.76 bits per heavy atom. The molecule has 1 amide bonds. The number of amides is 1. The number of halogens is 2. The zero-order valence-corrected chi connectivity index (χ0v) is 26.6. The number of aliphatic hydroxyl groups excluding tert-OH is 1. The van der Waals surface area contributed by atoms with Crippen LogP contribution in [0.3, 0.4) is 0 Å². The van der Waals surface area contributed by atoms with Crippen molar-refractivity contribution in [2.24, 2.45) is 0 Å². The third kappa shape index (κ3) is 6.44. The number of hydrogen-bond donors (Lipinski definition) is 2. The average Bonchev–Trinajstić information content (AvgIpc) is 3.46. The molecule has 4 aromatic heterocycles. The zero-order chi connectivity index (χ0) is 31.9. The number of hydrogen-bond acceptors (Lipinski definition) is 11. The van der Waals surface area contributed by atoms with Crippen LogP contribution in [0.1, 0.15) is 26.3 Å². The van der Waals surface area contributed by atoms with Gasteiger partial charge in [0.15, 0.2) is 11.5 Å². The summed E-state index contributed by atoms with van der Waals surface area (Å²) in [6.07, 6.45) is 4.06. The molecule has 0 spiro atoms. The number of nitrogens with one attached hydrogen (secondary N) is 1. The summed E-state index contributed by atoms with van der Waals surface area (Å²) in [4.78, 5) is 34.0. The minimum atomic E-state index is -0.653. The van der Waals surface area contributed by atoms with Crippen molar-refractivity contribution >= 4 is 56.0 Å². The van der Waals surface area contributed by atoms with Gasteiger partial charge in [0.25, 0.3) is 0 Å². The standard InChI is InChI=1S/C30H31BrFN9O4/c1-17-9-22(21(32)12-24(17)44-19-5-6-41-25(10-19)34-16-36-41)37-27-26-23(33-15-35-27)11-20(31)28(38-26)39-7-8-40(18(13-39)14-42)29(43)45-30(2,3)4/h5-6,9-12,15-16,18,42H,7-8,13-14H2,1-4H3,(H,33,35,37)/t18-/m0/s1. The molecule has 0 bridgehead atoms. The number of aliphatic hydroxyl groups is 1. The van der Waals surface area contributed by atoms with Crippen LogP contribution in [-0.4, -0.2) is 83.5 Å². The molecule has 5 aromatic rings. The second-order valence-electron chi connectivity index (χ2n) is 11.6. The molecule has 234 valence electrons. The fourth-order valence-electron chi connectivity index (χ4n) is 5.01. The lowest BCUT2D eigenvalue weighted by Gasteiger charge is -2.41. The second-order valence-corrected chi connectivity index (χ2v) is 12.4. The van der Waals surface area contributed by atoms with Gasteiger partial charge in [-0.05, 0) is 67.4 Å². The van der Waals surface area contributed by atoms with Gasteiger partial charge in [-0.1, -0.05) is 0 Å². The summed E-state index contributed by atoms with van der Waals surface area (Å²) in [5, 5.41) is 17.3. The van der Waals surface area contributed by atoms with E-state index in [0.717, 1.165) is 0 Å². The molecule has 15 heteroatoms. The van der Waals surface area contributed by atoms with E-state index in [2.05, 4.69) is 41.3 Å². The van der Waals surface area contributed by atoms with Crippen LogP contribution in [0.5, 0.6) is 11.5 Å². The number of aromatic nitrogens is 6. The van der Waals surface area contributed by atoms with Crippen LogP contribution in [0, 0.1) is 12.7 Å². The summed E-state index contributed by atoms with van der Waals surface area (Å²) < 4.78 is 29.2. The van der Waals surface area contributed by atoms with Gasteiger partial charge < -0.3 is 24.8 Å². The molecule has 13 nitrogen and oxygen atoms in total. The predicted molar refractivity (Wildman–Crippen MR) is 169 cm³/mol. The van der Waals surface area contributed by atoms with Crippen LogP contribution in [0.25, 0.3) is 16.7 Å². The van der Waals surface area contributed by atoms with E-state index < -0.39 is 23.6 Å². The third-order valence-corrected chi connectivity index (χ3v) is 7.75. The fourth-order valence-corrected chi connectivity index (χ4v) is 5.57. The Bertz CT molecular complexity index is 1900. The number of pyridine rings is 2. The van der Waals surface area contributed by atoms with E-state index in [9.17, 15) is 9.90 Å². The minimum absolute atomic E-state index is 0.186. The topological polar surface area (TPSA) is 143 Å². The maximum Gasteiger partial charge on any atom is 0.410 e. The molecular formula is C30H31BrFN9O4. The summed E-state index contributed by atoms with van der Waals surface area (Å²) in [6.45, 7) is 8.07. The Morgan fingerprint density at radius 1 is 1.16 bits per heavy atom. The average molecular weight is 681 g/mol. The second kappa shape index (κ2) is 12.0. The molecule has 0 radical (unpaired) electrons. The van der Waals surface area contributed by atoms with Gasteiger partial charge in [0.2, 0.25) is 0 Å². The lowest BCUT2D eigenvalue weighted by atomic mass is 10.1. The maximum absolute atomic E-state index is 15.4. The van der Waals surface area contributed by atoms with E-state index >= 15 is 4.39 Å². The number of carbonyl (C=O) groups excluding carboxylic acids is 1. The van der Waals surface area contributed by atoms with Crippen molar-refractivity contribution < 1.29 is 23.8 Å². The van der Waals surface area contributed by atoms with Crippen LogP contribution < -0.4 is 15.0 Å². The lowest BCUT2D eigenvalue weighted by molar-refractivity contribution is 0.00698. The molecule has 1 atom stereocenters. The molecule has 1 aliphatic heterocycles. The third-order valence-electron chi connectivity index (χ3n) is 7.16. The van der Waals surface area contributed by atoms with Crippen molar-refractivity contribution in [2.75, 3.05) is 36.5 Å². The smallest absolute Gasteiger partial charge is 0.410 e. The molecular weight excluding hydrogens is 649 g/mol. The number of fused-ring (bicyclic) bond motifs is 2. The van der Waals surface area contributed by atoms with Crippen molar-refractivity contribution in [3.8, 4) is 11.5 Å². The summed E-state index contributed by atoms with van der Waals surface area (Å²) in [6, 6.07) is 7.69. The van der Waals surface area contributed by atoms with Gasteiger partial charge >= 0.3 is 6.09 Å². The fraction of sp³-hybridized carbons (Fsp3) is 0.333. The first-order chi connectivity index (χ1) is 21.5. The molecule has 5 heterocycles. The highest BCUT2D eigenvalue weighted by Crippen LogP contribution is 2.35. The van der Waals surface area contributed by atoms with Crippen LogP contribution >= 0.6 is 15.9 Å². The number of ether oxygens (including phenoxy) is 2. The molecule has 1 aliphatic rings. The van der Waals surface area contributed by atoms with Gasteiger partial charge in [-0.2, -0.15) is 5.10 Å². The van der Waals surface area contributed by atoms with E-state index in [1.54, 1.807) is 54.6 Å². The number of piperazine rings is 1. The molecule has 0 unspecified atom stereocenters.